The Bertz CT molecular complexity index is 128. The fraction of sp³-hybridized carbons (Fsp3) is 1.00. The maximum Gasteiger partial charge on any atom is 0.0170 e. The van der Waals surface area contributed by atoms with Crippen molar-refractivity contribution in [3.05, 3.63) is 0 Å². The number of hydrogen-bond acceptors (Lipinski definition) is 2. The minimum atomic E-state index is 0.720. The van der Waals surface area contributed by atoms with Crippen molar-refractivity contribution in [2.45, 2.75) is 76.9 Å². The fourth-order valence-electron chi connectivity index (χ4n) is 1.82. The van der Waals surface area contributed by atoms with E-state index in [1.54, 1.807) is 0 Å². The molecule has 2 heteroatoms. The third kappa shape index (κ3) is 10.8. The van der Waals surface area contributed by atoms with E-state index in [4.69, 9.17) is 5.73 Å². The lowest BCUT2D eigenvalue weighted by Gasteiger charge is -2.13. The lowest BCUT2D eigenvalue weighted by molar-refractivity contribution is 0.582. The van der Waals surface area contributed by atoms with Gasteiger partial charge in [-0.2, -0.15) is 11.8 Å². The fourth-order valence-corrected chi connectivity index (χ4v) is 3.07. The van der Waals surface area contributed by atoms with Crippen LogP contribution in [0.25, 0.3) is 0 Å². The molecule has 16 heavy (non-hydrogen) atoms. The molecular weight excluding hydrogens is 214 g/mol. The summed E-state index contributed by atoms with van der Waals surface area (Å²) in [4.78, 5) is 0. The van der Waals surface area contributed by atoms with Gasteiger partial charge in [0.25, 0.3) is 0 Å². The number of hydrogen-bond donors (Lipinski definition) is 1. The van der Waals surface area contributed by atoms with Crippen molar-refractivity contribution >= 4 is 11.8 Å². The molecule has 98 valence electrons. The highest BCUT2D eigenvalue weighted by Crippen LogP contribution is 2.19. The molecule has 0 radical (unpaired) electrons. The van der Waals surface area contributed by atoms with Gasteiger partial charge in [-0.1, -0.05) is 58.8 Å². The van der Waals surface area contributed by atoms with Crippen LogP contribution in [0.4, 0.5) is 0 Å². The van der Waals surface area contributed by atoms with Crippen LogP contribution in [0.15, 0.2) is 0 Å². The van der Waals surface area contributed by atoms with Crippen LogP contribution in [0, 0.1) is 0 Å². The summed E-state index contributed by atoms with van der Waals surface area (Å²) in [7, 11) is 0. The maximum atomic E-state index is 5.80. The van der Waals surface area contributed by atoms with E-state index in [2.05, 4.69) is 25.6 Å². The SMILES string of the molecule is CCCCCCCCC(CN)SCCCC. The Hall–Kier alpha value is 0.310. The van der Waals surface area contributed by atoms with Crippen molar-refractivity contribution in [2.24, 2.45) is 5.73 Å². The Labute approximate surface area is 107 Å². The normalized spacial score (nSPS) is 12.9. The van der Waals surface area contributed by atoms with Gasteiger partial charge in [0.1, 0.15) is 0 Å². The molecule has 1 unspecified atom stereocenters. The second-order valence-electron chi connectivity index (χ2n) is 4.64. The van der Waals surface area contributed by atoms with Gasteiger partial charge in [-0.05, 0) is 18.6 Å². The Balaban J connectivity index is 3.26. The Morgan fingerprint density at radius 1 is 0.875 bits per heavy atom. The van der Waals surface area contributed by atoms with Gasteiger partial charge in [-0.25, -0.2) is 0 Å². The molecule has 1 atom stereocenters. The molecule has 0 aromatic heterocycles. The standard InChI is InChI=1S/C14H31NS/c1-3-5-7-8-9-10-11-14(13-15)16-12-6-4-2/h14H,3-13,15H2,1-2H3. The van der Waals surface area contributed by atoms with E-state index < -0.39 is 0 Å². The molecule has 0 aliphatic carbocycles. The lowest BCUT2D eigenvalue weighted by Crippen LogP contribution is -2.17. The van der Waals surface area contributed by atoms with E-state index in [9.17, 15) is 0 Å². The van der Waals surface area contributed by atoms with Crippen molar-refractivity contribution in [1.29, 1.82) is 0 Å². The monoisotopic (exact) mass is 245 g/mol. The predicted octanol–water partition coefficient (Wildman–Crippen LogP) is 4.60. The predicted molar refractivity (Wildman–Crippen MR) is 78.2 cm³/mol. The zero-order chi connectivity index (χ0) is 12.1. The Kier molecular flexibility index (Phi) is 13.6. The van der Waals surface area contributed by atoms with E-state index in [0.717, 1.165) is 11.8 Å². The average molecular weight is 245 g/mol. The summed E-state index contributed by atoms with van der Waals surface area (Å²) >= 11 is 2.09. The van der Waals surface area contributed by atoms with Crippen LogP contribution in [0.3, 0.4) is 0 Å². The molecule has 0 bridgehead atoms. The summed E-state index contributed by atoms with van der Waals surface area (Å²) in [6, 6.07) is 0. The second-order valence-corrected chi connectivity index (χ2v) is 6.05. The van der Waals surface area contributed by atoms with E-state index in [0.29, 0.717) is 0 Å². The molecule has 0 fully saturated rings. The summed E-state index contributed by atoms with van der Waals surface area (Å²) in [6.45, 7) is 5.39. The topological polar surface area (TPSA) is 26.0 Å². The highest BCUT2D eigenvalue weighted by Gasteiger charge is 2.05. The zero-order valence-corrected chi connectivity index (χ0v) is 12.2. The summed E-state index contributed by atoms with van der Waals surface area (Å²) in [6.07, 6.45) is 12.4. The van der Waals surface area contributed by atoms with E-state index >= 15 is 0 Å². The maximum absolute atomic E-state index is 5.80. The molecule has 0 rings (SSSR count). The lowest BCUT2D eigenvalue weighted by atomic mass is 10.1. The molecule has 1 nitrogen and oxygen atoms in total. The first-order chi connectivity index (χ1) is 7.85. The van der Waals surface area contributed by atoms with Crippen LogP contribution >= 0.6 is 11.8 Å². The van der Waals surface area contributed by atoms with Crippen LogP contribution in [-0.4, -0.2) is 17.5 Å². The zero-order valence-electron chi connectivity index (χ0n) is 11.3. The van der Waals surface area contributed by atoms with Gasteiger partial charge in [0.2, 0.25) is 0 Å². The van der Waals surface area contributed by atoms with Crippen molar-refractivity contribution in [3.8, 4) is 0 Å². The molecule has 0 aliphatic heterocycles. The smallest absolute Gasteiger partial charge is 0.0170 e. The quantitative estimate of drug-likeness (QED) is 0.509. The number of thioether (sulfide) groups is 1. The molecule has 0 spiro atoms. The van der Waals surface area contributed by atoms with Crippen molar-refractivity contribution in [3.63, 3.8) is 0 Å². The van der Waals surface area contributed by atoms with Gasteiger partial charge in [0.05, 0.1) is 0 Å². The Morgan fingerprint density at radius 2 is 1.50 bits per heavy atom. The van der Waals surface area contributed by atoms with Gasteiger partial charge in [0.15, 0.2) is 0 Å². The Morgan fingerprint density at radius 3 is 2.12 bits per heavy atom. The van der Waals surface area contributed by atoms with Crippen LogP contribution in [0.1, 0.15) is 71.6 Å². The second kappa shape index (κ2) is 13.4. The highest BCUT2D eigenvalue weighted by molar-refractivity contribution is 7.99. The summed E-state index contributed by atoms with van der Waals surface area (Å²) in [5, 5.41) is 0.720. The summed E-state index contributed by atoms with van der Waals surface area (Å²) < 4.78 is 0. The van der Waals surface area contributed by atoms with Gasteiger partial charge in [-0.3, -0.25) is 0 Å². The van der Waals surface area contributed by atoms with Crippen molar-refractivity contribution in [1.82, 2.24) is 0 Å². The third-order valence-corrected chi connectivity index (χ3v) is 4.42. The molecular formula is C14H31NS. The molecule has 0 saturated heterocycles. The van der Waals surface area contributed by atoms with Crippen LogP contribution in [0.5, 0.6) is 0 Å². The largest absolute Gasteiger partial charge is 0.329 e. The highest BCUT2D eigenvalue weighted by atomic mass is 32.2. The van der Waals surface area contributed by atoms with Gasteiger partial charge in [0, 0.05) is 11.8 Å². The first-order valence-electron chi connectivity index (χ1n) is 7.16. The molecule has 0 amide bonds. The third-order valence-electron chi connectivity index (χ3n) is 2.99. The van der Waals surface area contributed by atoms with Gasteiger partial charge < -0.3 is 5.73 Å². The summed E-state index contributed by atoms with van der Waals surface area (Å²) in [5.74, 6) is 1.30. The molecule has 0 aromatic rings. The van der Waals surface area contributed by atoms with Gasteiger partial charge >= 0.3 is 0 Å². The van der Waals surface area contributed by atoms with E-state index in [1.807, 2.05) is 0 Å². The van der Waals surface area contributed by atoms with Crippen LogP contribution in [0.2, 0.25) is 0 Å². The number of nitrogens with two attached hydrogens (primary N) is 1. The van der Waals surface area contributed by atoms with Crippen molar-refractivity contribution < 1.29 is 0 Å². The summed E-state index contributed by atoms with van der Waals surface area (Å²) in [5.41, 5.74) is 5.80. The average Bonchev–Trinajstić information content (AvgIpc) is 2.31. The molecule has 2 N–H and O–H groups in total. The first-order valence-corrected chi connectivity index (χ1v) is 8.21. The van der Waals surface area contributed by atoms with E-state index in [-0.39, 0.29) is 0 Å². The van der Waals surface area contributed by atoms with Crippen molar-refractivity contribution in [2.75, 3.05) is 12.3 Å². The van der Waals surface area contributed by atoms with E-state index in [1.165, 1.54) is 63.5 Å². The number of unbranched alkanes of at least 4 members (excludes halogenated alkanes) is 6. The van der Waals surface area contributed by atoms with Crippen LogP contribution in [-0.2, 0) is 0 Å². The molecule has 0 aliphatic rings. The minimum absolute atomic E-state index is 0.720. The molecule has 0 aromatic carbocycles. The van der Waals surface area contributed by atoms with Crippen LogP contribution < -0.4 is 5.73 Å². The first kappa shape index (κ1) is 16.3. The molecule has 0 saturated carbocycles. The minimum Gasteiger partial charge on any atom is -0.329 e. The van der Waals surface area contributed by atoms with Gasteiger partial charge in [-0.15, -0.1) is 0 Å². The molecule has 0 heterocycles. The number of rotatable bonds is 12.